The fourth-order valence-electron chi connectivity index (χ4n) is 6.47. The van der Waals surface area contributed by atoms with Crippen molar-refractivity contribution in [2.75, 3.05) is 32.5 Å². The summed E-state index contributed by atoms with van der Waals surface area (Å²) in [6.07, 6.45) is 2.85. The van der Waals surface area contributed by atoms with Crippen LogP contribution >= 0.6 is 0 Å². The van der Waals surface area contributed by atoms with Crippen LogP contribution in [0.4, 0.5) is 10.5 Å². The Labute approximate surface area is 305 Å². The number of nitrogens with two attached hydrogens (primary N) is 1. The van der Waals surface area contributed by atoms with Crippen LogP contribution in [0.25, 0.3) is 0 Å². The number of nitrogens with one attached hydrogen (secondary N) is 4. The van der Waals surface area contributed by atoms with Gasteiger partial charge in [0, 0.05) is 49.3 Å². The van der Waals surface area contributed by atoms with Crippen LogP contribution in [0.1, 0.15) is 71.3 Å². The molecule has 288 valence electrons. The van der Waals surface area contributed by atoms with Gasteiger partial charge in [-0.15, -0.1) is 0 Å². The fourth-order valence-corrected chi connectivity index (χ4v) is 6.47. The van der Waals surface area contributed by atoms with Gasteiger partial charge in [0.25, 0.3) is 11.8 Å². The van der Waals surface area contributed by atoms with Crippen LogP contribution < -0.4 is 27.0 Å². The van der Waals surface area contributed by atoms with Crippen LogP contribution in [0.2, 0.25) is 0 Å². The maximum Gasteiger partial charge on any atom is 0.312 e. The van der Waals surface area contributed by atoms with Crippen LogP contribution in [0.3, 0.4) is 0 Å². The number of anilines is 1. The minimum Gasteiger partial charge on any atom is -0.382 e. The molecule has 0 bridgehead atoms. The van der Waals surface area contributed by atoms with Crippen LogP contribution in [-0.4, -0.2) is 119 Å². The number of carbonyl (C=O) groups excluding carboxylic acids is 6. The molecule has 2 aliphatic heterocycles. The summed E-state index contributed by atoms with van der Waals surface area (Å²) < 4.78 is 5.76. The third kappa shape index (κ3) is 12.7. The summed E-state index contributed by atoms with van der Waals surface area (Å²) in [5.41, 5.74) is 6.61. The average Bonchev–Trinajstić information content (AvgIpc) is 3.39. The van der Waals surface area contributed by atoms with Crippen LogP contribution in [0.5, 0.6) is 0 Å². The molecule has 0 aromatic heterocycles. The average molecular weight is 731 g/mol. The second kappa shape index (κ2) is 19.5. The molecule has 1 fully saturated rings. The van der Waals surface area contributed by atoms with Gasteiger partial charge in [0.1, 0.15) is 24.7 Å². The minimum absolute atomic E-state index is 0.141. The van der Waals surface area contributed by atoms with Crippen molar-refractivity contribution in [3.63, 3.8) is 0 Å². The molecule has 0 radical (unpaired) electrons. The zero-order chi connectivity index (χ0) is 38.6. The van der Waals surface area contributed by atoms with Gasteiger partial charge < -0.3 is 46.4 Å². The Bertz CT molecular complexity index is 1430. The van der Waals surface area contributed by atoms with E-state index in [2.05, 4.69) is 21.3 Å². The highest BCUT2D eigenvalue weighted by Gasteiger charge is 2.44. The van der Waals surface area contributed by atoms with Crippen molar-refractivity contribution in [1.82, 2.24) is 20.9 Å². The van der Waals surface area contributed by atoms with Gasteiger partial charge in [0.2, 0.25) is 17.7 Å². The Hall–Kier alpha value is -4.38. The van der Waals surface area contributed by atoms with Gasteiger partial charge in [-0.3, -0.25) is 28.9 Å². The van der Waals surface area contributed by atoms with Crippen molar-refractivity contribution in [1.29, 1.82) is 0 Å². The number of imide groups is 1. The first kappa shape index (κ1) is 42.0. The summed E-state index contributed by atoms with van der Waals surface area (Å²) in [5, 5.41) is 31.6. The molecule has 8 N–H and O–H groups in total. The smallest absolute Gasteiger partial charge is 0.312 e. The van der Waals surface area contributed by atoms with Crippen LogP contribution in [0.15, 0.2) is 36.4 Å². The van der Waals surface area contributed by atoms with E-state index in [1.807, 2.05) is 33.2 Å². The molecule has 0 saturated carbocycles. The van der Waals surface area contributed by atoms with E-state index in [0.717, 1.165) is 10.5 Å². The first-order valence-corrected chi connectivity index (χ1v) is 17.9. The standard InChI is InChI=1S/C36H55N7O9/c1-22(2)31(41-28(44)11-7-6-8-19-42-29(45)16-17-30(42)46)34(49)40-26(10-9-18-38-36(37)51)33(48)39-25-14-12-24(13-15-25)21-43(4,5)27-20-23(3)52-35(50)32(27)47/h12-17,22-23,26-27,31-32,35,47,50H,6-11,18-21H2,1-5H3,(H5-,37,38,39,40,41,44,48,49,51)/p+1/t23?,26-,27?,31-,32?,35?/m0/s1. The number of nitrogens with zero attached hydrogens (tertiary/aromatic N) is 2. The van der Waals surface area contributed by atoms with E-state index in [0.29, 0.717) is 48.8 Å². The number of urea groups is 1. The monoisotopic (exact) mass is 730 g/mol. The van der Waals surface area contributed by atoms with E-state index in [1.54, 1.807) is 26.0 Å². The minimum atomic E-state index is -1.25. The number of hydrogen-bond donors (Lipinski definition) is 7. The third-order valence-electron chi connectivity index (χ3n) is 9.39. The van der Waals surface area contributed by atoms with Gasteiger partial charge in [-0.1, -0.05) is 32.4 Å². The Morgan fingerprint density at radius 2 is 1.62 bits per heavy atom. The molecule has 52 heavy (non-hydrogen) atoms. The van der Waals surface area contributed by atoms with Crippen molar-refractivity contribution < 1.29 is 48.2 Å². The molecule has 1 aromatic rings. The molecule has 16 nitrogen and oxygen atoms in total. The van der Waals surface area contributed by atoms with Crippen molar-refractivity contribution in [2.24, 2.45) is 11.7 Å². The lowest BCUT2D eigenvalue weighted by Gasteiger charge is -2.45. The molecule has 1 saturated heterocycles. The number of hydrogen-bond acceptors (Lipinski definition) is 9. The highest BCUT2D eigenvalue weighted by Crippen LogP contribution is 2.28. The van der Waals surface area contributed by atoms with Gasteiger partial charge in [-0.05, 0) is 50.7 Å². The summed E-state index contributed by atoms with van der Waals surface area (Å²) in [6, 6.07) is 4.33. The molecule has 1 aromatic carbocycles. The first-order valence-electron chi connectivity index (χ1n) is 17.9. The number of quaternary nitrogens is 1. The number of aliphatic hydroxyl groups is 2. The molecular weight excluding hydrogens is 674 g/mol. The molecule has 2 heterocycles. The van der Waals surface area contributed by atoms with Crippen molar-refractivity contribution in [3.8, 4) is 0 Å². The van der Waals surface area contributed by atoms with Gasteiger partial charge in [0.05, 0.1) is 20.2 Å². The molecule has 2 aliphatic rings. The van der Waals surface area contributed by atoms with Crippen LogP contribution in [-0.2, 0) is 35.3 Å². The second-order valence-electron chi connectivity index (χ2n) is 14.5. The predicted molar refractivity (Wildman–Crippen MR) is 192 cm³/mol. The number of likely N-dealkylation sites (N-methyl/N-ethyl adjacent to an activating group) is 1. The van der Waals surface area contributed by atoms with Crippen molar-refractivity contribution in [3.05, 3.63) is 42.0 Å². The Morgan fingerprint density at radius 3 is 2.23 bits per heavy atom. The lowest BCUT2D eigenvalue weighted by molar-refractivity contribution is -0.934. The van der Waals surface area contributed by atoms with E-state index in [1.165, 1.54) is 12.2 Å². The zero-order valence-electron chi connectivity index (χ0n) is 30.8. The molecule has 0 aliphatic carbocycles. The maximum atomic E-state index is 13.5. The van der Waals surface area contributed by atoms with E-state index in [4.69, 9.17) is 10.5 Å². The highest BCUT2D eigenvalue weighted by atomic mass is 16.6. The van der Waals surface area contributed by atoms with Gasteiger partial charge in [-0.2, -0.15) is 0 Å². The normalized spacial score (nSPS) is 21.5. The molecule has 0 spiro atoms. The fraction of sp³-hybridized carbons (Fsp3) is 0.611. The van der Waals surface area contributed by atoms with Crippen LogP contribution in [0, 0.1) is 5.92 Å². The summed E-state index contributed by atoms with van der Waals surface area (Å²) in [6.45, 7) is 6.43. The topological polar surface area (TPSA) is 229 Å². The summed E-state index contributed by atoms with van der Waals surface area (Å²) in [5.74, 6) is -2.34. The SMILES string of the molecule is CC1CC([N+](C)(C)Cc2ccc(NC(=O)[C@H](CCCNC(N)=O)NC(=O)[C@@H](NC(=O)CCCCCN3C(=O)C=CC3=O)C(C)C)cc2)C(O)C(O)O1. The number of amides is 7. The molecule has 6 atom stereocenters. The Balaban J connectivity index is 1.58. The molecular formula is C36H56N7O9+. The lowest BCUT2D eigenvalue weighted by Crippen LogP contribution is -2.61. The Morgan fingerprint density at radius 1 is 0.962 bits per heavy atom. The number of rotatable bonds is 19. The van der Waals surface area contributed by atoms with Gasteiger partial charge in [-0.25, -0.2) is 4.79 Å². The number of benzene rings is 1. The number of primary amides is 1. The number of aliphatic hydroxyl groups excluding tert-OH is 2. The number of unbranched alkanes of at least 4 members (excludes halogenated alkanes) is 2. The van der Waals surface area contributed by atoms with Crippen molar-refractivity contribution >= 4 is 41.3 Å². The summed E-state index contributed by atoms with van der Waals surface area (Å²) in [7, 11) is 3.95. The largest absolute Gasteiger partial charge is 0.382 e. The van der Waals surface area contributed by atoms with Crippen molar-refractivity contribution in [2.45, 2.75) is 109 Å². The second-order valence-corrected chi connectivity index (χ2v) is 14.5. The quantitative estimate of drug-likeness (QED) is 0.0600. The van der Waals surface area contributed by atoms with E-state index >= 15 is 0 Å². The van der Waals surface area contributed by atoms with E-state index in [9.17, 15) is 39.0 Å². The van der Waals surface area contributed by atoms with E-state index < -0.39 is 42.3 Å². The molecule has 3 rings (SSSR count). The van der Waals surface area contributed by atoms with Gasteiger partial charge in [0.15, 0.2) is 12.4 Å². The molecule has 4 unspecified atom stereocenters. The van der Waals surface area contributed by atoms with Gasteiger partial charge >= 0.3 is 6.03 Å². The summed E-state index contributed by atoms with van der Waals surface area (Å²) in [4.78, 5) is 75.5. The maximum absolute atomic E-state index is 13.5. The first-order chi connectivity index (χ1) is 24.5. The molecule has 16 heteroatoms. The lowest BCUT2D eigenvalue weighted by atomic mass is 9.96. The Kier molecular flexibility index (Phi) is 15.7. The molecule has 7 amide bonds. The van der Waals surface area contributed by atoms with E-state index in [-0.39, 0.29) is 61.7 Å². The highest BCUT2D eigenvalue weighted by molar-refractivity contribution is 6.12. The number of ether oxygens (including phenoxy) is 1. The predicted octanol–water partition coefficient (Wildman–Crippen LogP) is 0.618. The third-order valence-corrected chi connectivity index (χ3v) is 9.39. The summed E-state index contributed by atoms with van der Waals surface area (Å²) >= 11 is 0. The number of carbonyl (C=O) groups is 6. The zero-order valence-corrected chi connectivity index (χ0v) is 30.8.